The third kappa shape index (κ3) is 5.02. The average Bonchev–Trinajstić information content (AvgIpc) is 3.85. The van der Waals surface area contributed by atoms with Crippen LogP contribution in [0.2, 0.25) is 0 Å². The van der Waals surface area contributed by atoms with Gasteiger partial charge in [-0.05, 0) is 134 Å². The van der Waals surface area contributed by atoms with Gasteiger partial charge in [-0.2, -0.15) is 0 Å². The van der Waals surface area contributed by atoms with Crippen molar-refractivity contribution in [3.8, 4) is 11.3 Å². The summed E-state index contributed by atoms with van der Waals surface area (Å²) in [6, 6.07) is 10.5. The van der Waals surface area contributed by atoms with Crippen molar-refractivity contribution in [2.24, 2.45) is 62.6 Å². The van der Waals surface area contributed by atoms with Gasteiger partial charge in [0, 0.05) is 18.9 Å². The monoisotopic (exact) mass is 696 g/mol. The molecule has 2 heterocycles. The highest BCUT2D eigenvalue weighted by Gasteiger charge is 2.72. The summed E-state index contributed by atoms with van der Waals surface area (Å²) >= 11 is 0. The van der Waals surface area contributed by atoms with Crippen molar-refractivity contribution in [3.05, 3.63) is 42.4 Å². The van der Waals surface area contributed by atoms with E-state index in [0.29, 0.717) is 41.4 Å². The fourth-order valence-electron chi connectivity index (χ4n) is 15.0. The molecule has 2 aromatic rings. The molecule has 8 rings (SSSR count). The summed E-state index contributed by atoms with van der Waals surface area (Å²) in [6.45, 7) is 20.1. The van der Waals surface area contributed by atoms with Crippen molar-refractivity contribution in [3.63, 3.8) is 0 Å². The number of amides is 1. The molecule has 1 aliphatic heterocycles. The van der Waals surface area contributed by atoms with E-state index in [1.54, 1.807) is 6.92 Å². The number of H-pyrrole nitrogens is 1. The quantitative estimate of drug-likeness (QED) is 0.316. The Morgan fingerprint density at radius 3 is 2.35 bits per heavy atom. The summed E-state index contributed by atoms with van der Waals surface area (Å²) in [4.78, 5) is 38.4. The largest absolute Gasteiger partial charge is 0.462 e. The first-order valence-corrected chi connectivity index (χ1v) is 20.8. The number of likely N-dealkylation sites (tertiary alicyclic amines) is 1. The molecule has 6 fully saturated rings. The smallest absolute Gasteiger partial charge is 0.302 e. The minimum Gasteiger partial charge on any atom is -0.462 e. The van der Waals surface area contributed by atoms with E-state index in [4.69, 9.17) is 9.72 Å². The number of esters is 1. The Kier molecular flexibility index (Phi) is 8.47. The maximum atomic E-state index is 15.4. The van der Waals surface area contributed by atoms with Gasteiger partial charge >= 0.3 is 5.97 Å². The van der Waals surface area contributed by atoms with Crippen molar-refractivity contribution in [2.45, 2.75) is 145 Å². The summed E-state index contributed by atoms with van der Waals surface area (Å²) in [7, 11) is 0. The molecular formula is C45H65N3O3. The lowest BCUT2D eigenvalue weighted by Gasteiger charge is -2.73. The van der Waals surface area contributed by atoms with Crippen LogP contribution >= 0.6 is 0 Å². The summed E-state index contributed by atoms with van der Waals surface area (Å²) in [5, 5.41) is 0. The molecule has 6 aliphatic rings. The highest BCUT2D eigenvalue weighted by Crippen LogP contribution is 2.78. The minimum absolute atomic E-state index is 0.0106. The number of nitrogens with one attached hydrogen (secondary N) is 1. The first-order chi connectivity index (χ1) is 24.2. The summed E-state index contributed by atoms with van der Waals surface area (Å²) in [5.74, 6) is 4.67. The van der Waals surface area contributed by atoms with Crippen LogP contribution < -0.4 is 0 Å². The number of fused-ring (bicyclic) bond motifs is 7. The number of carbonyl (C=O) groups excluding carboxylic acids is 2. The molecule has 1 saturated heterocycles. The van der Waals surface area contributed by atoms with Crippen molar-refractivity contribution in [1.29, 1.82) is 0 Å². The van der Waals surface area contributed by atoms with Crippen LogP contribution in [0.3, 0.4) is 0 Å². The molecule has 0 unspecified atom stereocenters. The van der Waals surface area contributed by atoms with Gasteiger partial charge in [0.1, 0.15) is 11.9 Å². The average molecular weight is 696 g/mol. The molecule has 5 aliphatic carbocycles. The topological polar surface area (TPSA) is 75.3 Å². The molecule has 1 aromatic carbocycles. The lowest BCUT2D eigenvalue weighted by Crippen LogP contribution is -2.67. The SMILES string of the molecule is CC(=O)O[C@H]1CC[C@]2(C)[C@H]3CC[C@@H]4[C@H]5[C@H](C(C)C)CC[C@]5(C(=O)N5CCC[C@H]5c5ncc(-c6ccccc6)[nH]5)CC[C@@]4(C)[C@]3(C)CC[C@H]2C1(C)C. The number of benzene rings is 1. The Morgan fingerprint density at radius 2 is 1.63 bits per heavy atom. The van der Waals surface area contributed by atoms with Crippen LogP contribution in [-0.4, -0.2) is 39.4 Å². The van der Waals surface area contributed by atoms with E-state index >= 15 is 4.79 Å². The lowest BCUT2D eigenvalue weighted by molar-refractivity contribution is -0.251. The Labute approximate surface area is 307 Å². The number of hydrogen-bond acceptors (Lipinski definition) is 4. The van der Waals surface area contributed by atoms with Crippen molar-refractivity contribution in [2.75, 3.05) is 6.54 Å². The van der Waals surface area contributed by atoms with Crippen LogP contribution in [0.4, 0.5) is 0 Å². The molecule has 278 valence electrons. The maximum Gasteiger partial charge on any atom is 0.302 e. The first kappa shape index (κ1) is 35.4. The number of imidazole rings is 1. The number of nitrogens with zero attached hydrogens (tertiary/aromatic N) is 2. The van der Waals surface area contributed by atoms with E-state index in [1.165, 1.54) is 32.1 Å². The molecule has 1 aromatic heterocycles. The predicted octanol–water partition coefficient (Wildman–Crippen LogP) is 10.4. The normalized spacial score (nSPS) is 42.8. The minimum atomic E-state index is -0.259. The van der Waals surface area contributed by atoms with Crippen molar-refractivity contribution < 1.29 is 14.3 Å². The number of rotatable bonds is 5. The zero-order valence-corrected chi connectivity index (χ0v) is 32.9. The maximum absolute atomic E-state index is 15.4. The van der Waals surface area contributed by atoms with Crippen molar-refractivity contribution in [1.82, 2.24) is 14.9 Å². The molecule has 6 nitrogen and oxygen atoms in total. The van der Waals surface area contributed by atoms with Gasteiger partial charge in [-0.3, -0.25) is 9.59 Å². The molecule has 51 heavy (non-hydrogen) atoms. The first-order valence-electron chi connectivity index (χ1n) is 20.8. The Balaban J connectivity index is 1.10. The second-order valence-electron chi connectivity index (χ2n) is 20.0. The predicted molar refractivity (Wildman–Crippen MR) is 202 cm³/mol. The van der Waals surface area contributed by atoms with E-state index in [1.807, 2.05) is 12.3 Å². The van der Waals surface area contributed by atoms with E-state index in [9.17, 15) is 4.79 Å². The van der Waals surface area contributed by atoms with Crippen LogP contribution in [0, 0.1) is 62.6 Å². The van der Waals surface area contributed by atoms with Gasteiger partial charge in [0.15, 0.2) is 0 Å². The van der Waals surface area contributed by atoms with Crippen LogP contribution in [-0.2, 0) is 14.3 Å². The number of ether oxygens (including phenoxy) is 1. The van der Waals surface area contributed by atoms with Crippen LogP contribution in [0.15, 0.2) is 36.5 Å². The van der Waals surface area contributed by atoms with Gasteiger partial charge in [-0.15, -0.1) is 0 Å². The molecule has 5 saturated carbocycles. The number of aromatic nitrogens is 2. The molecule has 1 amide bonds. The van der Waals surface area contributed by atoms with Crippen LogP contribution in [0.25, 0.3) is 11.3 Å². The summed E-state index contributed by atoms with van der Waals surface area (Å²) in [5.41, 5.74) is 2.58. The van der Waals surface area contributed by atoms with Gasteiger partial charge in [0.2, 0.25) is 5.91 Å². The zero-order chi connectivity index (χ0) is 36.1. The molecule has 0 radical (unpaired) electrons. The Morgan fingerprint density at radius 1 is 0.863 bits per heavy atom. The van der Waals surface area contributed by atoms with E-state index in [2.05, 4.69) is 82.6 Å². The lowest BCUT2D eigenvalue weighted by atomic mass is 9.32. The molecular weight excluding hydrogens is 631 g/mol. The standard InChI is InChI=1S/C45H65N3O3/c1-28(2)31-18-23-45(40(50)48-26-12-15-34(48)39-46-27-33(47-39)30-13-10-9-11-14-30)25-24-43(7)32(38(31)45)16-17-36-42(6)21-20-37(51-29(3)49)41(4,5)35(42)19-22-44(36,43)8/h9-11,13-14,27-28,31-32,34-38H,12,15-26H2,1-8H3,(H,46,47)/t31-,32+,34-,35-,36+,37-,38+,42-,43+,44+,45-/m0/s1. The highest BCUT2D eigenvalue weighted by atomic mass is 16.5. The van der Waals surface area contributed by atoms with Crippen molar-refractivity contribution >= 4 is 11.9 Å². The van der Waals surface area contributed by atoms with Crippen LogP contribution in [0.1, 0.15) is 144 Å². The molecule has 1 N–H and O–H groups in total. The number of aromatic amines is 1. The van der Waals surface area contributed by atoms with E-state index in [0.717, 1.165) is 68.6 Å². The highest BCUT2D eigenvalue weighted by molar-refractivity contribution is 5.84. The van der Waals surface area contributed by atoms with Gasteiger partial charge in [0.05, 0.1) is 23.3 Å². The number of carbonyl (C=O) groups is 2. The molecule has 11 atom stereocenters. The van der Waals surface area contributed by atoms with Crippen LogP contribution in [0.5, 0.6) is 0 Å². The number of hydrogen-bond donors (Lipinski definition) is 1. The molecule has 0 bridgehead atoms. The fraction of sp³-hybridized carbons (Fsp3) is 0.756. The molecule has 6 heteroatoms. The van der Waals surface area contributed by atoms with E-state index < -0.39 is 0 Å². The Bertz CT molecular complexity index is 1650. The zero-order valence-electron chi connectivity index (χ0n) is 32.9. The Hall–Kier alpha value is -2.63. The van der Waals surface area contributed by atoms with Gasteiger partial charge in [0.25, 0.3) is 0 Å². The second-order valence-corrected chi connectivity index (χ2v) is 20.0. The second kappa shape index (κ2) is 12.2. The third-order valence-electron chi connectivity index (χ3n) is 17.5. The fourth-order valence-corrected chi connectivity index (χ4v) is 15.0. The van der Waals surface area contributed by atoms with E-state index in [-0.39, 0.29) is 45.2 Å². The van der Waals surface area contributed by atoms with Gasteiger partial charge in [-0.1, -0.05) is 78.8 Å². The summed E-state index contributed by atoms with van der Waals surface area (Å²) in [6.07, 6.45) is 15.5. The van der Waals surface area contributed by atoms with Gasteiger partial charge in [-0.25, -0.2) is 4.98 Å². The summed E-state index contributed by atoms with van der Waals surface area (Å²) < 4.78 is 6.00. The third-order valence-corrected chi connectivity index (χ3v) is 17.5. The molecule has 0 spiro atoms. The van der Waals surface area contributed by atoms with Gasteiger partial charge < -0.3 is 14.6 Å².